The van der Waals surface area contributed by atoms with Crippen LogP contribution in [0.25, 0.3) is 0 Å². The quantitative estimate of drug-likeness (QED) is 0.364. The predicted molar refractivity (Wildman–Crippen MR) is 37.5 cm³/mol. The summed E-state index contributed by atoms with van der Waals surface area (Å²) in [5, 5.41) is 8.39. The summed E-state index contributed by atoms with van der Waals surface area (Å²) in [6.45, 7) is 5.42. The number of allylic oxidation sites excluding steroid dienone is 2. The Kier molecular flexibility index (Phi) is 4.04. The highest BCUT2D eigenvalue weighted by atomic mass is 16.5. The van der Waals surface area contributed by atoms with Gasteiger partial charge in [0.2, 0.25) is 5.76 Å². The van der Waals surface area contributed by atoms with Crippen molar-refractivity contribution in [1.82, 2.24) is 0 Å². The Bertz CT molecular complexity index is 158. The van der Waals surface area contributed by atoms with E-state index in [4.69, 9.17) is 9.84 Å². The predicted octanol–water partition coefficient (Wildman–Crippen LogP) is 1.18. The Hall–Kier alpha value is -1.25. The van der Waals surface area contributed by atoms with Crippen LogP contribution >= 0.6 is 0 Å². The molecule has 56 valence electrons. The van der Waals surface area contributed by atoms with E-state index in [0.717, 1.165) is 0 Å². The Morgan fingerprint density at radius 2 is 2.40 bits per heavy atom. The van der Waals surface area contributed by atoms with Gasteiger partial charge in [-0.05, 0) is 13.0 Å². The van der Waals surface area contributed by atoms with Gasteiger partial charge in [-0.25, -0.2) is 4.79 Å². The molecular weight excluding hydrogens is 132 g/mol. The third-order valence-electron chi connectivity index (χ3n) is 0.780. The smallest absolute Gasteiger partial charge is 0.371 e. The molecule has 0 aliphatic carbocycles. The molecule has 0 aliphatic rings. The summed E-state index contributed by atoms with van der Waals surface area (Å²) in [4.78, 5) is 10.2. The van der Waals surface area contributed by atoms with Crippen LogP contribution in [0.2, 0.25) is 0 Å². The molecule has 1 N–H and O–H groups in total. The first-order valence-corrected chi connectivity index (χ1v) is 2.91. The minimum atomic E-state index is -1.07. The zero-order chi connectivity index (χ0) is 7.98. The van der Waals surface area contributed by atoms with Crippen LogP contribution in [0, 0.1) is 0 Å². The first-order chi connectivity index (χ1) is 4.72. The maximum atomic E-state index is 10.2. The monoisotopic (exact) mass is 142 g/mol. The van der Waals surface area contributed by atoms with Crippen LogP contribution in [0.5, 0.6) is 0 Å². The lowest BCUT2D eigenvalue weighted by atomic mass is 10.4. The number of carboxylic acids is 1. The third kappa shape index (κ3) is 2.91. The van der Waals surface area contributed by atoms with E-state index in [1.807, 2.05) is 0 Å². The molecule has 0 amide bonds. The summed E-state index contributed by atoms with van der Waals surface area (Å²) in [5.41, 5.74) is 0. The van der Waals surface area contributed by atoms with Gasteiger partial charge in [-0.3, -0.25) is 0 Å². The highest BCUT2D eigenvalue weighted by molar-refractivity contribution is 5.84. The lowest BCUT2D eigenvalue weighted by Crippen LogP contribution is -2.03. The van der Waals surface area contributed by atoms with Crippen LogP contribution in [-0.2, 0) is 9.53 Å². The molecule has 0 aliphatic heterocycles. The molecule has 0 radical (unpaired) electrons. The van der Waals surface area contributed by atoms with Crippen molar-refractivity contribution in [3.8, 4) is 0 Å². The van der Waals surface area contributed by atoms with Gasteiger partial charge in [0.25, 0.3) is 0 Å². The van der Waals surface area contributed by atoms with Gasteiger partial charge in [0.1, 0.15) is 0 Å². The van der Waals surface area contributed by atoms with Crippen LogP contribution < -0.4 is 0 Å². The number of carbonyl (C=O) groups is 1. The van der Waals surface area contributed by atoms with Crippen molar-refractivity contribution < 1.29 is 14.6 Å². The van der Waals surface area contributed by atoms with E-state index in [1.165, 1.54) is 12.2 Å². The number of ether oxygens (including phenoxy) is 1. The largest absolute Gasteiger partial charge is 0.487 e. The molecule has 0 fully saturated rings. The Morgan fingerprint density at radius 3 is 2.70 bits per heavy atom. The van der Waals surface area contributed by atoms with Crippen LogP contribution in [0.4, 0.5) is 0 Å². The highest BCUT2D eigenvalue weighted by Gasteiger charge is 2.04. The van der Waals surface area contributed by atoms with Crippen molar-refractivity contribution in [2.75, 3.05) is 6.61 Å². The Labute approximate surface area is 59.6 Å². The van der Waals surface area contributed by atoms with Crippen molar-refractivity contribution in [2.45, 2.75) is 6.92 Å². The zero-order valence-corrected chi connectivity index (χ0v) is 5.83. The van der Waals surface area contributed by atoms with Gasteiger partial charge in [0.05, 0.1) is 6.61 Å². The van der Waals surface area contributed by atoms with E-state index in [2.05, 4.69) is 6.58 Å². The van der Waals surface area contributed by atoms with Gasteiger partial charge < -0.3 is 9.84 Å². The number of carboxylic acid groups (broad SMARTS) is 1. The van der Waals surface area contributed by atoms with E-state index in [9.17, 15) is 4.79 Å². The average molecular weight is 142 g/mol. The number of aliphatic carboxylic acids is 1. The minimum Gasteiger partial charge on any atom is -0.487 e. The van der Waals surface area contributed by atoms with E-state index in [0.29, 0.717) is 6.61 Å². The van der Waals surface area contributed by atoms with Gasteiger partial charge in [0.15, 0.2) is 0 Å². The Morgan fingerprint density at radius 1 is 1.80 bits per heavy atom. The molecule has 0 spiro atoms. The molecule has 3 heteroatoms. The van der Waals surface area contributed by atoms with E-state index < -0.39 is 5.97 Å². The minimum absolute atomic E-state index is 0.0718. The second-order valence-electron chi connectivity index (χ2n) is 1.50. The molecular formula is C7H10O3. The van der Waals surface area contributed by atoms with Crippen molar-refractivity contribution in [1.29, 1.82) is 0 Å². The van der Waals surface area contributed by atoms with Gasteiger partial charge in [-0.2, -0.15) is 0 Å². The van der Waals surface area contributed by atoms with Crippen LogP contribution in [-0.4, -0.2) is 17.7 Å². The first kappa shape index (κ1) is 8.75. The average Bonchev–Trinajstić information content (AvgIpc) is 1.87. The summed E-state index contributed by atoms with van der Waals surface area (Å²) in [6, 6.07) is 0. The molecule has 0 bridgehead atoms. The normalized spacial score (nSPS) is 10.7. The van der Waals surface area contributed by atoms with Gasteiger partial charge in [-0.1, -0.05) is 12.7 Å². The lowest BCUT2D eigenvalue weighted by Gasteiger charge is -2.00. The third-order valence-corrected chi connectivity index (χ3v) is 0.780. The molecule has 0 saturated carbocycles. The summed E-state index contributed by atoms with van der Waals surface area (Å²) < 4.78 is 4.73. The maximum absolute atomic E-state index is 10.2. The lowest BCUT2D eigenvalue weighted by molar-refractivity contribution is -0.136. The zero-order valence-electron chi connectivity index (χ0n) is 5.83. The molecule has 0 atom stereocenters. The molecule has 3 nitrogen and oxygen atoms in total. The topological polar surface area (TPSA) is 46.5 Å². The fourth-order valence-electron chi connectivity index (χ4n) is 0.444. The second kappa shape index (κ2) is 4.61. The van der Waals surface area contributed by atoms with Gasteiger partial charge in [0, 0.05) is 0 Å². The van der Waals surface area contributed by atoms with Crippen molar-refractivity contribution in [2.24, 2.45) is 0 Å². The summed E-state index contributed by atoms with van der Waals surface area (Å²) in [5.74, 6) is -1.14. The maximum Gasteiger partial charge on any atom is 0.371 e. The fraction of sp³-hybridized carbons (Fsp3) is 0.286. The van der Waals surface area contributed by atoms with E-state index in [-0.39, 0.29) is 5.76 Å². The van der Waals surface area contributed by atoms with Gasteiger partial charge >= 0.3 is 5.97 Å². The second-order valence-corrected chi connectivity index (χ2v) is 1.50. The molecule has 0 rings (SSSR count). The van der Waals surface area contributed by atoms with Crippen LogP contribution in [0.15, 0.2) is 24.5 Å². The number of hydrogen-bond donors (Lipinski definition) is 1. The Balaban J connectivity index is 4.11. The van der Waals surface area contributed by atoms with Gasteiger partial charge in [-0.15, -0.1) is 0 Å². The summed E-state index contributed by atoms with van der Waals surface area (Å²) >= 11 is 0. The SMILES string of the molecule is C=C/C=C(/OCC)C(=O)O. The van der Waals surface area contributed by atoms with Crippen molar-refractivity contribution >= 4 is 5.97 Å². The standard InChI is InChI=1S/C7H10O3/c1-3-5-6(7(8)9)10-4-2/h3,5H,1,4H2,2H3,(H,8,9)/b6-5+. The van der Waals surface area contributed by atoms with Crippen molar-refractivity contribution in [3.05, 3.63) is 24.5 Å². The molecule has 0 aromatic heterocycles. The molecule has 10 heavy (non-hydrogen) atoms. The number of rotatable bonds is 4. The van der Waals surface area contributed by atoms with E-state index >= 15 is 0 Å². The molecule has 0 aromatic rings. The molecule has 0 unspecified atom stereocenters. The first-order valence-electron chi connectivity index (χ1n) is 2.91. The van der Waals surface area contributed by atoms with E-state index in [1.54, 1.807) is 6.92 Å². The summed E-state index contributed by atoms with van der Waals surface area (Å²) in [7, 11) is 0. The van der Waals surface area contributed by atoms with Crippen molar-refractivity contribution in [3.63, 3.8) is 0 Å². The van der Waals surface area contributed by atoms with Crippen LogP contribution in [0.3, 0.4) is 0 Å². The van der Waals surface area contributed by atoms with Crippen LogP contribution in [0.1, 0.15) is 6.92 Å². The number of hydrogen-bond acceptors (Lipinski definition) is 2. The highest BCUT2D eigenvalue weighted by Crippen LogP contribution is 1.96. The molecule has 0 aromatic carbocycles. The fourth-order valence-corrected chi connectivity index (χ4v) is 0.444. The molecule has 0 heterocycles. The summed E-state index contributed by atoms with van der Waals surface area (Å²) in [6.07, 6.45) is 2.69. The molecule has 0 saturated heterocycles.